The Kier molecular flexibility index (Phi) is 3.93. The lowest BCUT2D eigenvalue weighted by Crippen LogP contribution is -2.45. The van der Waals surface area contributed by atoms with E-state index < -0.39 is 0 Å². The molecule has 27 heavy (non-hydrogen) atoms. The number of nitrogens with zero attached hydrogens (tertiary/aromatic N) is 3. The summed E-state index contributed by atoms with van der Waals surface area (Å²) in [5.41, 5.74) is 0.990. The predicted octanol–water partition coefficient (Wildman–Crippen LogP) is 0.967. The summed E-state index contributed by atoms with van der Waals surface area (Å²) in [4.78, 5) is 32.9. The second kappa shape index (κ2) is 6.34. The van der Waals surface area contributed by atoms with Gasteiger partial charge in [0.15, 0.2) is 5.96 Å². The number of imide groups is 1. The van der Waals surface area contributed by atoms with Crippen LogP contribution in [0.5, 0.6) is 0 Å². The number of carbonyl (C=O) groups is 2. The fraction of sp³-hybridized carbons (Fsp3) is 0.550. The quantitative estimate of drug-likeness (QED) is 0.489. The minimum Gasteiger partial charge on any atom is -0.374 e. The molecule has 4 heterocycles. The molecule has 0 radical (unpaired) electrons. The number of fused-ring (bicyclic) bond motifs is 6. The van der Waals surface area contributed by atoms with Crippen molar-refractivity contribution >= 4 is 17.8 Å². The van der Waals surface area contributed by atoms with Crippen LogP contribution in [0.4, 0.5) is 0 Å². The number of guanidine groups is 1. The molecule has 0 spiro atoms. The number of hydrogen-bond donors (Lipinski definition) is 1. The van der Waals surface area contributed by atoms with Crippen LogP contribution >= 0.6 is 0 Å². The van der Waals surface area contributed by atoms with Gasteiger partial charge in [-0.25, -0.2) is 0 Å². The molecule has 4 aliphatic rings. The smallest absolute Gasteiger partial charge is 0.261 e. The van der Waals surface area contributed by atoms with Crippen LogP contribution in [0.1, 0.15) is 33.6 Å². The first-order chi connectivity index (χ1) is 13.2. The van der Waals surface area contributed by atoms with Crippen LogP contribution in [-0.4, -0.2) is 73.0 Å². The molecule has 0 aromatic heterocycles. The number of carbonyl (C=O) groups excluding carboxylic acids is 2. The van der Waals surface area contributed by atoms with E-state index in [1.54, 1.807) is 31.3 Å². The summed E-state index contributed by atoms with van der Waals surface area (Å²) in [5, 5.41) is 3.33. The first-order valence-corrected chi connectivity index (χ1v) is 9.73. The predicted molar refractivity (Wildman–Crippen MR) is 99.6 cm³/mol. The molecule has 142 valence electrons. The molecular weight excluding hydrogens is 344 g/mol. The highest BCUT2D eigenvalue weighted by Crippen LogP contribution is 2.47. The average molecular weight is 368 g/mol. The Labute approximate surface area is 158 Å². The minimum absolute atomic E-state index is 0.211. The summed E-state index contributed by atoms with van der Waals surface area (Å²) in [7, 11) is 1.78. The van der Waals surface area contributed by atoms with Crippen molar-refractivity contribution in [2.24, 2.45) is 16.8 Å². The maximum Gasteiger partial charge on any atom is 0.261 e. The molecule has 4 atom stereocenters. The summed E-state index contributed by atoms with van der Waals surface area (Å²) in [6.45, 7) is 2.77. The third-order valence-electron chi connectivity index (χ3n) is 6.46. The van der Waals surface area contributed by atoms with E-state index in [-0.39, 0.29) is 11.8 Å². The molecule has 4 aliphatic heterocycles. The van der Waals surface area contributed by atoms with Gasteiger partial charge in [-0.1, -0.05) is 12.1 Å². The van der Waals surface area contributed by atoms with E-state index in [9.17, 15) is 9.59 Å². The van der Waals surface area contributed by atoms with E-state index in [1.165, 1.54) is 17.7 Å². The van der Waals surface area contributed by atoms with Crippen molar-refractivity contribution in [2.75, 3.05) is 33.2 Å². The first-order valence-electron chi connectivity index (χ1n) is 9.73. The van der Waals surface area contributed by atoms with E-state index in [1.807, 2.05) is 0 Å². The zero-order valence-electron chi connectivity index (χ0n) is 15.4. The Morgan fingerprint density at radius 2 is 1.70 bits per heavy atom. The van der Waals surface area contributed by atoms with E-state index in [0.717, 1.165) is 19.0 Å². The molecule has 3 saturated heterocycles. The average Bonchev–Trinajstić information content (AvgIpc) is 3.43. The second-order valence-corrected chi connectivity index (χ2v) is 7.80. The molecule has 1 aromatic rings. The Morgan fingerprint density at radius 3 is 2.26 bits per heavy atom. The molecular formula is C20H24N4O3. The van der Waals surface area contributed by atoms with Gasteiger partial charge in [0.1, 0.15) is 0 Å². The van der Waals surface area contributed by atoms with Gasteiger partial charge in [0.25, 0.3) is 11.8 Å². The van der Waals surface area contributed by atoms with Crippen LogP contribution in [0.15, 0.2) is 29.3 Å². The molecule has 2 bridgehead atoms. The van der Waals surface area contributed by atoms with Crippen molar-refractivity contribution in [3.63, 3.8) is 0 Å². The molecule has 3 fully saturated rings. The molecule has 4 unspecified atom stereocenters. The van der Waals surface area contributed by atoms with Crippen molar-refractivity contribution in [2.45, 2.75) is 25.0 Å². The van der Waals surface area contributed by atoms with Gasteiger partial charge in [-0.05, 0) is 25.0 Å². The van der Waals surface area contributed by atoms with Gasteiger partial charge < -0.3 is 15.0 Å². The van der Waals surface area contributed by atoms with Crippen molar-refractivity contribution in [1.82, 2.24) is 15.1 Å². The maximum absolute atomic E-state index is 12.4. The number of nitrogens with one attached hydrogen (secondary N) is 1. The van der Waals surface area contributed by atoms with Crippen LogP contribution in [0.25, 0.3) is 0 Å². The van der Waals surface area contributed by atoms with Gasteiger partial charge in [-0.2, -0.15) is 0 Å². The zero-order chi connectivity index (χ0) is 18.5. The molecule has 5 rings (SSSR count). The molecule has 2 amide bonds. The van der Waals surface area contributed by atoms with Crippen LogP contribution in [0.3, 0.4) is 0 Å². The maximum atomic E-state index is 12.4. The van der Waals surface area contributed by atoms with Gasteiger partial charge >= 0.3 is 0 Å². The SMILES string of the molecule is CN=C(NCCN1C(=O)c2ccccc2C1=O)N1CC2C3CCC(O3)C2C1. The second-order valence-electron chi connectivity index (χ2n) is 7.80. The lowest BCUT2D eigenvalue weighted by Gasteiger charge is -2.24. The van der Waals surface area contributed by atoms with E-state index in [2.05, 4.69) is 15.2 Å². The van der Waals surface area contributed by atoms with Crippen LogP contribution < -0.4 is 5.32 Å². The number of benzene rings is 1. The summed E-state index contributed by atoms with van der Waals surface area (Å²) in [6.07, 6.45) is 3.21. The molecule has 1 aromatic carbocycles. The highest BCUT2D eigenvalue weighted by Gasteiger charge is 2.53. The number of hydrogen-bond acceptors (Lipinski definition) is 4. The van der Waals surface area contributed by atoms with Crippen LogP contribution in [-0.2, 0) is 4.74 Å². The largest absolute Gasteiger partial charge is 0.374 e. The first kappa shape index (κ1) is 16.7. The van der Waals surface area contributed by atoms with Crippen molar-refractivity contribution in [3.05, 3.63) is 35.4 Å². The van der Waals surface area contributed by atoms with E-state index in [0.29, 0.717) is 48.3 Å². The zero-order valence-corrected chi connectivity index (χ0v) is 15.4. The number of amides is 2. The molecule has 1 N–H and O–H groups in total. The molecule has 7 heteroatoms. The lowest BCUT2D eigenvalue weighted by atomic mass is 9.82. The minimum atomic E-state index is -0.211. The van der Waals surface area contributed by atoms with Crippen molar-refractivity contribution < 1.29 is 14.3 Å². The van der Waals surface area contributed by atoms with Crippen LogP contribution in [0.2, 0.25) is 0 Å². The third kappa shape index (κ3) is 2.56. The standard InChI is InChI=1S/C20H24N4O3/c1-21-20(23-10-14-15(11-23)17-7-6-16(14)27-17)22-8-9-24-18(25)12-4-2-3-5-13(12)19(24)26/h2-5,14-17H,6-11H2,1H3,(H,21,22). The fourth-order valence-electron chi connectivity index (χ4n) is 5.19. The summed E-state index contributed by atoms with van der Waals surface area (Å²) in [5.74, 6) is 1.64. The number of aliphatic imine (C=N–C) groups is 1. The molecule has 7 nitrogen and oxygen atoms in total. The summed E-state index contributed by atoms with van der Waals surface area (Å²) in [6, 6.07) is 6.99. The van der Waals surface area contributed by atoms with E-state index in [4.69, 9.17) is 4.74 Å². The van der Waals surface area contributed by atoms with E-state index >= 15 is 0 Å². The Morgan fingerprint density at radius 1 is 1.11 bits per heavy atom. The summed E-state index contributed by atoms with van der Waals surface area (Å²) < 4.78 is 6.04. The number of rotatable bonds is 3. The Hall–Kier alpha value is -2.41. The number of likely N-dealkylation sites (tertiary alicyclic amines) is 1. The normalized spacial score (nSPS) is 31.7. The monoisotopic (exact) mass is 368 g/mol. The Bertz CT molecular complexity index is 770. The van der Waals surface area contributed by atoms with Crippen molar-refractivity contribution in [1.29, 1.82) is 0 Å². The van der Waals surface area contributed by atoms with Crippen LogP contribution in [0, 0.1) is 11.8 Å². The Balaban J connectivity index is 1.18. The van der Waals surface area contributed by atoms with Gasteiger partial charge in [0, 0.05) is 45.1 Å². The highest BCUT2D eigenvalue weighted by atomic mass is 16.5. The molecule has 0 aliphatic carbocycles. The fourth-order valence-corrected chi connectivity index (χ4v) is 5.19. The topological polar surface area (TPSA) is 74.2 Å². The third-order valence-corrected chi connectivity index (χ3v) is 6.46. The molecule has 0 saturated carbocycles. The van der Waals surface area contributed by atoms with Gasteiger partial charge in [0.05, 0.1) is 23.3 Å². The van der Waals surface area contributed by atoms with Gasteiger partial charge in [-0.15, -0.1) is 0 Å². The number of ether oxygens (including phenoxy) is 1. The van der Waals surface area contributed by atoms with Crippen molar-refractivity contribution in [3.8, 4) is 0 Å². The van der Waals surface area contributed by atoms with Gasteiger partial charge in [0.2, 0.25) is 0 Å². The summed E-state index contributed by atoms with van der Waals surface area (Å²) >= 11 is 0. The van der Waals surface area contributed by atoms with Gasteiger partial charge in [-0.3, -0.25) is 19.5 Å². The highest BCUT2D eigenvalue weighted by molar-refractivity contribution is 6.21. The lowest BCUT2D eigenvalue weighted by molar-refractivity contribution is 0.0655.